The molecule has 0 fully saturated rings. The van der Waals surface area contributed by atoms with Gasteiger partial charge in [-0.25, -0.2) is 0 Å². The molecule has 0 saturated carbocycles. The van der Waals surface area contributed by atoms with Crippen LogP contribution in [0.2, 0.25) is 0 Å². The van der Waals surface area contributed by atoms with Crippen LogP contribution < -0.4 is 10.1 Å². The minimum atomic E-state index is -0.530. The van der Waals surface area contributed by atoms with Crippen LogP contribution in [0.15, 0.2) is 36.4 Å². The lowest BCUT2D eigenvalue weighted by molar-refractivity contribution is -0.128. The summed E-state index contributed by atoms with van der Waals surface area (Å²) < 4.78 is 5.95. The van der Waals surface area contributed by atoms with Gasteiger partial charge in [0.1, 0.15) is 5.75 Å². The number of aryl methyl sites for hydroxylation is 3. The SMILES string of the molecule is CC[C@H](NC(=O)[C@@H](C)Oc1cccc(C)c1C)c1ccc2c(c1)CCCC2. The summed E-state index contributed by atoms with van der Waals surface area (Å²) in [7, 11) is 0. The summed E-state index contributed by atoms with van der Waals surface area (Å²) in [5, 5.41) is 3.18. The van der Waals surface area contributed by atoms with Gasteiger partial charge in [0.05, 0.1) is 6.04 Å². The van der Waals surface area contributed by atoms with Gasteiger partial charge in [0.25, 0.3) is 5.91 Å². The zero-order valence-electron chi connectivity index (χ0n) is 17.0. The van der Waals surface area contributed by atoms with Crippen LogP contribution in [0.1, 0.15) is 67.0 Å². The van der Waals surface area contributed by atoms with Crippen molar-refractivity contribution in [3.63, 3.8) is 0 Å². The Morgan fingerprint density at radius 1 is 1.11 bits per heavy atom. The van der Waals surface area contributed by atoms with E-state index in [0.717, 1.165) is 24.2 Å². The molecule has 0 unspecified atom stereocenters. The first-order valence-corrected chi connectivity index (χ1v) is 10.1. The molecule has 1 N–H and O–H groups in total. The summed E-state index contributed by atoms with van der Waals surface area (Å²) >= 11 is 0. The van der Waals surface area contributed by atoms with Gasteiger partial charge in [-0.05, 0) is 86.8 Å². The average molecular weight is 366 g/mol. The Labute approximate surface area is 163 Å². The first-order valence-electron chi connectivity index (χ1n) is 10.1. The first kappa shape index (κ1) is 19.5. The second kappa shape index (κ2) is 8.60. The van der Waals surface area contributed by atoms with Gasteiger partial charge in [-0.2, -0.15) is 0 Å². The smallest absolute Gasteiger partial charge is 0.261 e. The maximum absolute atomic E-state index is 12.7. The number of hydrogen-bond acceptors (Lipinski definition) is 2. The molecule has 144 valence electrons. The van der Waals surface area contributed by atoms with Crippen molar-refractivity contribution in [3.8, 4) is 5.75 Å². The normalized spacial score (nSPS) is 15.6. The molecule has 27 heavy (non-hydrogen) atoms. The van der Waals surface area contributed by atoms with Crippen LogP contribution in [0.3, 0.4) is 0 Å². The Bertz CT molecular complexity index is 812. The number of ether oxygens (including phenoxy) is 1. The van der Waals surface area contributed by atoms with E-state index in [-0.39, 0.29) is 11.9 Å². The van der Waals surface area contributed by atoms with E-state index in [1.807, 2.05) is 26.0 Å². The number of carbonyl (C=O) groups excluding carboxylic acids is 1. The largest absolute Gasteiger partial charge is 0.481 e. The molecule has 0 spiro atoms. The Morgan fingerprint density at radius 3 is 2.59 bits per heavy atom. The minimum Gasteiger partial charge on any atom is -0.481 e. The summed E-state index contributed by atoms with van der Waals surface area (Å²) in [5.74, 6) is 0.708. The van der Waals surface area contributed by atoms with Crippen molar-refractivity contribution in [1.29, 1.82) is 0 Å². The summed E-state index contributed by atoms with van der Waals surface area (Å²) in [6, 6.07) is 12.7. The monoisotopic (exact) mass is 365 g/mol. The van der Waals surface area contributed by atoms with Crippen molar-refractivity contribution in [3.05, 3.63) is 64.2 Å². The molecule has 1 amide bonds. The predicted molar refractivity (Wildman–Crippen MR) is 110 cm³/mol. The highest BCUT2D eigenvalue weighted by atomic mass is 16.5. The quantitative estimate of drug-likeness (QED) is 0.762. The van der Waals surface area contributed by atoms with E-state index in [9.17, 15) is 4.79 Å². The van der Waals surface area contributed by atoms with Crippen LogP contribution in [0.5, 0.6) is 5.75 Å². The number of nitrogens with one attached hydrogen (secondary N) is 1. The molecule has 0 bridgehead atoms. The molecule has 0 radical (unpaired) electrons. The zero-order chi connectivity index (χ0) is 19.4. The lowest BCUT2D eigenvalue weighted by atomic mass is 9.89. The highest BCUT2D eigenvalue weighted by Gasteiger charge is 2.21. The molecule has 0 heterocycles. The van der Waals surface area contributed by atoms with E-state index in [4.69, 9.17) is 4.74 Å². The summed E-state index contributed by atoms with van der Waals surface area (Å²) in [5.41, 5.74) is 6.37. The van der Waals surface area contributed by atoms with Gasteiger partial charge in [-0.15, -0.1) is 0 Å². The number of amides is 1. The number of rotatable bonds is 6. The third kappa shape index (κ3) is 4.52. The van der Waals surface area contributed by atoms with E-state index < -0.39 is 6.10 Å². The van der Waals surface area contributed by atoms with Gasteiger partial charge in [0, 0.05) is 0 Å². The van der Waals surface area contributed by atoms with Gasteiger partial charge in [-0.3, -0.25) is 4.79 Å². The Hall–Kier alpha value is -2.29. The fraction of sp³-hybridized carbons (Fsp3) is 0.458. The molecule has 2 aromatic carbocycles. The standard InChI is InChI=1S/C24H31NO2/c1-5-22(21-14-13-19-10-6-7-11-20(19)15-21)25-24(26)18(4)27-23-12-8-9-16(2)17(23)3/h8-9,12-15,18,22H,5-7,10-11H2,1-4H3,(H,25,26)/t18-,22+/m1/s1. The van der Waals surface area contributed by atoms with Crippen LogP contribution in [-0.4, -0.2) is 12.0 Å². The maximum Gasteiger partial charge on any atom is 0.261 e. The lowest BCUT2D eigenvalue weighted by Gasteiger charge is -2.24. The lowest BCUT2D eigenvalue weighted by Crippen LogP contribution is -2.38. The highest BCUT2D eigenvalue weighted by molar-refractivity contribution is 5.81. The molecule has 3 rings (SSSR count). The van der Waals surface area contributed by atoms with E-state index >= 15 is 0 Å². The first-order chi connectivity index (χ1) is 13.0. The molecule has 1 aliphatic rings. The van der Waals surface area contributed by atoms with Crippen LogP contribution in [0, 0.1) is 13.8 Å². The summed E-state index contributed by atoms with van der Waals surface area (Å²) in [6.07, 6.45) is 5.21. The minimum absolute atomic E-state index is 0.0226. The van der Waals surface area contributed by atoms with Crippen molar-refractivity contribution < 1.29 is 9.53 Å². The Morgan fingerprint density at radius 2 is 1.85 bits per heavy atom. The van der Waals surface area contributed by atoms with E-state index in [1.165, 1.54) is 41.5 Å². The third-order valence-electron chi connectivity index (χ3n) is 5.73. The second-order valence-corrected chi connectivity index (χ2v) is 7.66. The van der Waals surface area contributed by atoms with Gasteiger partial charge in [0.2, 0.25) is 0 Å². The molecule has 0 aromatic heterocycles. The fourth-order valence-electron chi connectivity index (χ4n) is 3.78. The van der Waals surface area contributed by atoms with E-state index in [1.54, 1.807) is 0 Å². The van der Waals surface area contributed by atoms with Crippen LogP contribution in [0.25, 0.3) is 0 Å². The van der Waals surface area contributed by atoms with Gasteiger partial charge in [-0.1, -0.05) is 37.3 Å². The molecule has 2 atom stereocenters. The number of fused-ring (bicyclic) bond motifs is 1. The second-order valence-electron chi connectivity index (χ2n) is 7.66. The van der Waals surface area contributed by atoms with Crippen molar-refractivity contribution in [2.75, 3.05) is 0 Å². The van der Waals surface area contributed by atoms with E-state index in [0.29, 0.717) is 0 Å². The molecule has 3 nitrogen and oxygen atoms in total. The average Bonchev–Trinajstić information content (AvgIpc) is 2.69. The number of carbonyl (C=O) groups is 1. The zero-order valence-corrected chi connectivity index (χ0v) is 17.0. The van der Waals surface area contributed by atoms with Crippen LogP contribution in [0.4, 0.5) is 0 Å². The van der Waals surface area contributed by atoms with Gasteiger partial charge in [0.15, 0.2) is 6.10 Å². The van der Waals surface area contributed by atoms with Crippen molar-refractivity contribution in [1.82, 2.24) is 5.32 Å². The molecular weight excluding hydrogens is 334 g/mol. The number of hydrogen-bond donors (Lipinski definition) is 1. The van der Waals surface area contributed by atoms with Crippen LogP contribution >= 0.6 is 0 Å². The molecule has 3 heteroatoms. The molecular formula is C24H31NO2. The fourth-order valence-corrected chi connectivity index (χ4v) is 3.78. The topological polar surface area (TPSA) is 38.3 Å². The maximum atomic E-state index is 12.7. The van der Waals surface area contributed by atoms with Crippen molar-refractivity contribution >= 4 is 5.91 Å². The number of benzene rings is 2. The van der Waals surface area contributed by atoms with Crippen LogP contribution in [-0.2, 0) is 17.6 Å². The van der Waals surface area contributed by atoms with Crippen molar-refractivity contribution in [2.24, 2.45) is 0 Å². The Kier molecular flexibility index (Phi) is 6.20. The predicted octanol–water partition coefficient (Wildman–Crippen LogP) is 5.22. The van der Waals surface area contributed by atoms with Gasteiger partial charge < -0.3 is 10.1 Å². The molecule has 2 aromatic rings. The summed E-state index contributed by atoms with van der Waals surface area (Å²) in [6.45, 7) is 8.00. The van der Waals surface area contributed by atoms with Crippen molar-refractivity contribution in [2.45, 2.75) is 71.9 Å². The van der Waals surface area contributed by atoms with E-state index in [2.05, 4.69) is 43.4 Å². The van der Waals surface area contributed by atoms with Gasteiger partial charge >= 0.3 is 0 Å². The molecule has 0 aliphatic heterocycles. The third-order valence-corrected chi connectivity index (χ3v) is 5.73. The highest BCUT2D eigenvalue weighted by Crippen LogP contribution is 2.26. The Balaban J connectivity index is 1.68. The summed E-state index contributed by atoms with van der Waals surface area (Å²) in [4.78, 5) is 12.7. The molecule has 0 saturated heterocycles. The molecule has 1 aliphatic carbocycles.